The van der Waals surface area contributed by atoms with E-state index in [4.69, 9.17) is 30.8 Å². The molecule has 11 nitrogen and oxygen atoms in total. The van der Waals surface area contributed by atoms with Crippen LogP contribution in [0.25, 0.3) is 16.3 Å². The van der Waals surface area contributed by atoms with Gasteiger partial charge < -0.3 is 24.0 Å². The Kier molecular flexibility index (Phi) is 8.61. The Morgan fingerprint density at radius 1 is 1.12 bits per heavy atom. The zero-order chi connectivity index (χ0) is 35.5. The number of carbonyl (C=O) groups excluding carboxylic acids is 1. The van der Waals surface area contributed by atoms with Crippen LogP contribution >= 0.6 is 11.6 Å². The molecule has 0 bridgehead atoms. The summed E-state index contributed by atoms with van der Waals surface area (Å²) in [5.41, 5.74) is 2.95. The third-order valence-corrected chi connectivity index (χ3v) is 11.5. The molecule has 1 amide bonds. The lowest BCUT2D eigenvalue weighted by atomic mass is 9.95. The topological polar surface area (TPSA) is 104 Å². The molecule has 2 aromatic heterocycles. The van der Waals surface area contributed by atoms with Crippen LogP contribution < -0.4 is 14.5 Å². The summed E-state index contributed by atoms with van der Waals surface area (Å²) in [5.74, 6) is -4.03. The fraction of sp³-hybridized carbons (Fsp3) is 0.486. The van der Waals surface area contributed by atoms with Gasteiger partial charge in [-0.1, -0.05) is 47.6 Å². The number of halogens is 3. The molecule has 0 radical (unpaired) electrons. The highest BCUT2D eigenvalue weighted by Gasteiger charge is 2.45. The second-order valence-corrected chi connectivity index (χ2v) is 14.8. The largest absolute Gasteiger partial charge is 0.461 e. The van der Waals surface area contributed by atoms with Gasteiger partial charge in [-0.25, -0.2) is 0 Å². The molecule has 14 heteroatoms. The standard InChI is InChI=1S/C37H41ClF2N8O3/c1-23(32-43-34(44-51-32)36(2,39)40)33(49)47-18-12-25(20-47)45(3)31-26-13-19-46(29-11-5-9-24-8-4-10-27(38)30(24)29)21-28(26)41-35(42-31)50-22-37-14-6-16-48(37)17-7-15-37/h4-5,8-11,25H,1,6-7,12-22H2,2-3H3. The molecule has 0 saturated carbocycles. The number of hydrogen-bond acceptors (Lipinski definition) is 10. The molecule has 4 aromatic rings. The highest BCUT2D eigenvalue weighted by atomic mass is 35.5. The second-order valence-electron chi connectivity index (χ2n) is 14.3. The first-order valence-corrected chi connectivity index (χ1v) is 18.0. The maximum atomic E-state index is 13.7. The molecule has 268 valence electrons. The molecule has 4 aliphatic rings. The Labute approximate surface area is 300 Å². The summed E-state index contributed by atoms with van der Waals surface area (Å²) >= 11 is 6.74. The number of ether oxygens (including phenoxy) is 1. The quantitative estimate of drug-likeness (QED) is 0.189. The summed E-state index contributed by atoms with van der Waals surface area (Å²) < 4.78 is 38.9. The summed E-state index contributed by atoms with van der Waals surface area (Å²) in [4.78, 5) is 35.9. The van der Waals surface area contributed by atoms with Gasteiger partial charge in [-0.05, 0) is 69.1 Å². The highest BCUT2D eigenvalue weighted by Crippen LogP contribution is 2.40. The molecule has 8 rings (SSSR count). The molecule has 0 aliphatic carbocycles. The number of anilines is 2. The van der Waals surface area contributed by atoms with Crippen LogP contribution in [0.3, 0.4) is 0 Å². The number of carbonyl (C=O) groups is 1. The van der Waals surface area contributed by atoms with E-state index in [0.717, 1.165) is 66.0 Å². The fourth-order valence-electron chi connectivity index (χ4n) is 8.37. The molecule has 51 heavy (non-hydrogen) atoms. The number of likely N-dealkylation sites (tertiary alicyclic amines) is 1. The Morgan fingerprint density at radius 2 is 1.88 bits per heavy atom. The van der Waals surface area contributed by atoms with Gasteiger partial charge in [0.25, 0.3) is 11.8 Å². The molecule has 2 aromatic carbocycles. The Hall–Kier alpha value is -4.36. The average Bonchev–Trinajstić information content (AvgIpc) is 3.94. The Balaban J connectivity index is 1.06. The summed E-state index contributed by atoms with van der Waals surface area (Å²) in [6.07, 6.45) is 5.96. The van der Waals surface area contributed by atoms with Gasteiger partial charge in [0.15, 0.2) is 0 Å². The molecular weight excluding hydrogens is 678 g/mol. The van der Waals surface area contributed by atoms with E-state index in [1.165, 1.54) is 12.8 Å². The number of nitrogens with zero attached hydrogens (tertiary/aromatic N) is 8. The Bertz CT molecular complexity index is 1980. The lowest BCUT2D eigenvalue weighted by Crippen LogP contribution is -2.44. The fourth-order valence-corrected chi connectivity index (χ4v) is 8.65. The van der Waals surface area contributed by atoms with Crippen molar-refractivity contribution in [3.8, 4) is 6.01 Å². The van der Waals surface area contributed by atoms with Crippen molar-refractivity contribution < 1.29 is 22.8 Å². The van der Waals surface area contributed by atoms with Crippen LogP contribution in [0.15, 0.2) is 47.5 Å². The first-order valence-electron chi connectivity index (χ1n) is 17.6. The Morgan fingerprint density at radius 3 is 2.63 bits per heavy atom. The first-order chi connectivity index (χ1) is 24.5. The average molecular weight is 719 g/mol. The molecule has 6 heterocycles. The lowest BCUT2D eigenvalue weighted by Gasteiger charge is -2.35. The number of aromatic nitrogens is 4. The smallest absolute Gasteiger partial charge is 0.318 e. The van der Waals surface area contributed by atoms with E-state index in [-0.39, 0.29) is 23.0 Å². The van der Waals surface area contributed by atoms with Gasteiger partial charge in [0, 0.05) is 56.3 Å². The van der Waals surface area contributed by atoms with Crippen LogP contribution in [0.1, 0.15) is 62.0 Å². The summed E-state index contributed by atoms with van der Waals surface area (Å²) in [5, 5.41) is 6.15. The van der Waals surface area contributed by atoms with Crippen LogP contribution in [-0.2, 0) is 23.7 Å². The molecular formula is C37H41ClF2N8O3. The molecule has 3 saturated heterocycles. The first kappa shape index (κ1) is 33.8. The molecule has 0 N–H and O–H groups in total. The number of alkyl halides is 2. The summed E-state index contributed by atoms with van der Waals surface area (Å²) in [6, 6.07) is 12.5. The third kappa shape index (κ3) is 6.18. The SMILES string of the molecule is C=C(C(=O)N1CCC(N(C)c2nc(OCC34CCCN3CCC4)nc3c2CCN(c2cccc4cccc(Cl)c24)C3)C1)c1nc(C(C)(F)F)no1. The van der Waals surface area contributed by atoms with Crippen molar-refractivity contribution in [1.82, 2.24) is 29.9 Å². The van der Waals surface area contributed by atoms with Crippen molar-refractivity contribution in [2.24, 2.45) is 0 Å². The van der Waals surface area contributed by atoms with Gasteiger partial charge in [0.1, 0.15) is 12.4 Å². The van der Waals surface area contributed by atoms with E-state index in [9.17, 15) is 13.6 Å². The maximum absolute atomic E-state index is 13.7. The van der Waals surface area contributed by atoms with E-state index in [2.05, 4.69) is 55.7 Å². The number of fused-ring (bicyclic) bond motifs is 3. The summed E-state index contributed by atoms with van der Waals surface area (Å²) in [7, 11) is 2.00. The number of rotatable bonds is 9. The molecule has 0 spiro atoms. The number of hydrogen-bond donors (Lipinski definition) is 0. The van der Waals surface area contributed by atoms with Gasteiger partial charge in [0.05, 0.1) is 28.4 Å². The highest BCUT2D eigenvalue weighted by molar-refractivity contribution is 6.36. The molecule has 1 atom stereocenters. The van der Waals surface area contributed by atoms with Gasteiger partial charge in [-0.3, -0.25) is 9.69 Å². The van der Waals surface area contributed by atoms with E-state index in [1.807, 2.05) is 19.2 Å². The van der Waals surface area contributed by atoms with E-state index >= 15 is 0 Å². The molecule has 3 fully saturated rings. The van der Waals surface area contributed by atoms with Crippen LogP contribution in [0.5, 0.6) is 6.01 Å². The zero-order valence-electron chi connectivity index (χ0n) is 28.9. The van der Waals surface area contributed by atoms with Crippen LogP contribution in [0.2, 0.25) is 5.02 Å². The van der Waals surface area contributed by atoms with Crippen LogP contribution in [0.4, 0.5) is 20.3 Å². The number of benzene rings is 2. The number of amides is 1. The van der Waals surface area contributed by atoms with Crippen molar-refractivity contribution in [2.75, 3.05) is 56.2 Å². The van der Waals surface area contributed by atoms with Crippen molar-refractivity contribution in [3.63, 3.8) is 0 Å². The predicted molar refractivity (Wildman–Crippen MR) is 190 cm³/mol. The monoisotopic (exact) mass is 718 g/mol. The predicted octanol–water partition coefficient (Wildman–Crippen LogP) is 6.10. The van der Waals surface area contributed by atoms with Gasteiger partial charge >= 0.3 is 11.9 Å². The summed E-state index contributed by atoms with van der Waals surface area (Å²) in [6.45, 7) is 9.36. The maximum Gasteiger partial charge on any atom is 0.318 e. The second kappa shape index (κ2) is 13.0. The van der Waals surface area contributed by atoms with E-state index in [0.29, 0.717) is 57.0 Å². The molecule has 4 aliphatic heterocycles. The van der Waals surface area contributed by atoms with E-state index < -0.39 is 17.7 Å². The minimum absolute atomic E-state index is 0.0396. The zero-order valence-corrected chi connectivity index (χ0v) is 29.6. The van der Waals surface area contributed by atoms with Crippen molar-refractivity contribution >= 4 is 45.4 Å². The van der Waals surface area contributed by atoms with E-state index in [1.54, 1.807) is 4.90 Å². The normalized spacial score (nSPS) is 20.1. The third-order valence-electron chi connectivity index (χ3n) is 11.1. The van der Waals surface area contributed by atoms with Gasteiger partial charge in [0.2, 0.25) is 5.82 Å². The minimum Gasteiger partial charge on any atom is -0.461 e. The molecule has 1 unspecified atom stereocenters. The van der Waals surface area contributed by atoms with Crippen LogP contribution in [-0.4, -0.2) is 93.8 Å². The van der Waals surface area contributed by atoms with Gasteiger partial charge in [-0.15, -0.1) is 0 Å². The van der Waals surface area contributed by atoms with Crippen molar-refractivity contribution in [2.45, 2.75) is 69.5 Å². The van der Waals surface area contributed by atoms with Crippen molar-refractivity contribution in [3.05, 3.63) is 71.0 Å². The van der Waals surface area contributed by atoms with Crippen molar-refractivity contribution in [1.29, 1.82) is 0 Å². The lowest BCUT2D eigenvalue weighted by molar-refractivity contribution is -0.124. The minimum atomic E-state index is -3.29. The van der Waals surface area contributed by atoms with Gasteiger partial charge in [-0.2, -0.15) is 23.7 Å². The van der Waals surface area contributed by atoms with Crippen LogP contribution in [0, 0.1) is 0 Å². The number of likely N-dealkylation sites (N-methyl/N-ethyl adjacent to an activating group) is 1.